The molecular formula is C8H9F3N2. The third kappa shape index (κ3) is 2.43. The predicted octanol–water partition coefficient (Wildman–Crippen LogP) is 1.11. The van der Waals surface area contributed by atoms with Gasteiger partial charge in [-0.25, -0.2) is 13.2 Å². The highest BCUT2D eigenvalue weighted by Gasteiger charge is 2.09. The lowest BCUT2D eigenvalue weighted by Gasteiger charge is -2.03. The molecule has 0 aliphatic heterocycles. The van der Waals surface area contributed by atoms with Crippen LogP contribution in [0, 0.1) is 17.5 Å². The van der Waals surface area contributed by atoms with E-state index in [0.717, 1.165) is 12.1 Å². The number of rotatable bonds is 3. The van der Waals surface area contributed by atoms with Crippen molar-refractivity contribution in [1.29, 1.82) is 0 Å². The first-order valence-electron chi connectivity index (χ1n) is 3.69. The maximum atomic E-state index is 12.6. The highest BCUT2D eigenvalue weighted by molar-refractivity contribution is 5.19. The Bertz CT molecular complexity index is 278. The van der Waals surface area contributed by atoms with Crippen LogP contribution in [0.2, 0.25) is 0 Å². The minimum absolute atomic E-state index is 0.195. The molecule has 0 atom stereocenters. The van der Waals surface area contributed by atoms with Crippen molar-refractivity contribution in [2.45, 2.75) is 6.54 Å². The fraction of sp³-hybridized carbons (Fsp3) is 0.250. The Labute approximate surface area is 73.5 Å². The van der Waals surface area contributed by atoms with Crippen molar-refractivity contribution in [3.63, 3.8) is 0 Å². The van der Waals surface area contributed by atoms with E-state index >= 15 is 0 Å². The van der Waals surface area contributed by atoms with Crippen LogP contribution in [-0.2, 0) is 6.54 Å². The highest BCUT2D eigenvalue weighted by Crippen LogP contribution is 2.13. The molecule has 1 aromatic rings. The van der Waals surface area contributed by atoms with Crippen LogP contribution in [0.4, 0.5) is 13.2 Å². The van der Waals surface area contributed by atoms with Crippen molar-refractivity contribution in [2.75, 3.05) is 6.67 Å². The van der Waals surface area contributed by atoms with Gasteiger partial charge in [0.2, 0.25) is 0 Å². The van der Waals surface area contributed by atoms with Crippen molar-refractivity contribution in [1.82, 2.24) is 5.32 Å². The van der Waals surface area contributed by atoms with Gasteiger partial charge in [-0.15, -0.1) is 0 Å². The SMILES string of the molecule is NCNCc1cc(F)c(F)c(F)c1. The topological polar surface area (TPSA) is 38.0 Å². The van der Waals surface area contributed by atoms with Crippen LogP contribution < -0.4 is 11.1 Å². The smallest absolute Gasteiger partial charge is 0.194 e. The first-order valence-corrected chi connectivity index (χ1v) is 3.69. The molecule has 1 rings (SSSR count). The van der Waals surface area contributed by atoms with Gasteiger partial charge in [-0.05, 0) is 17.7 Å². The summed E-state index contributed by atoms with van der Waals surface area (Å²) in [5.74, 6) is -3.82. The van der Waals surface area contributed by atoms with Gasteiger partial charge in [0, 0.05) is 13.2 Å². The van der Waals surface area contributed by atoms with Gasteiger partial charge in [-0.1, -0.05) is 0 Å². The Hall–Kier alpha value is -1.07. The first kappa shape index (κ1) is 10.0. The van der Waals surface area contributed by atoms with Crippen molar-refractivity contribution >= 4 is 0 Å². The molecule has 72 valence electrons. The van der Waals surface area contributed by atoms with Crippen molar-refractivity contribution in [2.24, 2.45) is 5.73 Å². The number of hydrogen-bond acceptors (Lipinski definition) is 2. The average molecular weight is 190 g/mol. The second-order valence-corrected chi connectivity index (χ2v) is 2.50. The summed E-state index contributed by atoms with van der Waals surface area (Å²) >= 11 is 0. The molecular weight excluding hydrogens is 181 g/mol. The van der Waals surface area contributed by atoms with Crippen LogP contribution in [0.3, 0.4) is 0 Å². The van der Waals surface area contributed by atoms with Crippen LogP contribution in [0.25, 0.3) is 0 Å². The first-order chi connectivity index (χ1) is 6.15. The van der Waals surface area contributed by atoms with Crippen molar-refractivity contribution < 1.29 is 13.2 Å². The van der Waals surface area contributed by atoms with E-state index in [0.29, 0.717) is 5.56 Å². The van der Waals surface area contributed by atoms with E-state index in [1.165, 1.54) is 0 Å². The standard InChI is InChI=1S/C8H9F3N2/c9-6-1-5(3-13-4-12)2-7(10)8(6)11/h1-2,13H,3-4,12H2. The van der Waals surface area contributed by atoms with Gasteiger partial charge >= 0.3 is 0 Å². The largest absolute Gasteiger partial charge is 0.318 e. The summed E-state index contributed by atoms with van der Waals surface area (Å²) in [4.78, 5) is 0. The molecule has 0 aliphatic rings. The molecule has 0 saturated carbocycles. The van der Waals surface area contributed by atoms with E-state index in [9.17, 15) is 13.2 Å². The normalized spacial score (nSPS) is 10.5. The zero-order valence-electron chi connectivity index (χ0n) is 6.78. The summed E-state index contributed by atoms with van der Waals surface area (Å²) in [6.45, 7) is 0.408. The van der Waals surface area contributed by atoms with Crippen molar-refractivity contribution in [3.8, 4) is 0 Å². The van der Waals surface area contributed by atoms with E-state index < -0.39 is 17.5 Å². The van der Waals surface area contributed by atoms with Crippen LogP contribution in [0.5, 0.6) is 0 Å². The molecule has 0 aliphatic carbocycles. The van der Waals surface area contributed by atoms with Gasteiger partial charge in [0.15, 0.2) is 17.5 Å². The number of halogens is 3. The highest BCUT2D eigenvalue weighted by atomic mass is 19.2. The molecule has 5 heteroatoms. The van der Waals surface area contributed by atoms with Crippen LogP contribution >= 0.6 is 0 Å². The second kappa shape index (κ2) is 4.25. The van der Waals surface area contributed by atoms with Crippen LogP contribution in [0.1, 0.15) is 5.56 Å². The third-order valence-electron chi connectivity index (χ3n) is 1.52. The average Bonchev–Trinajstić information content (AvgIpc) is 2.10. The molecule has 0 bridgehead atoms. The molecule has 0 aromatic heterocycles. The monoisotopic (exact) mass is 190 g/mol. The van der Waals surface area contributed by atoms with Gasteiger partial charge < -0.3 is 11.1 Å². The minimum Gasteiger partial charge on any atom is -0.318 e. The molecule has 2 nitrogen and oxygen atoms in total. The van der Waals surface area contributed by atoms with E-state index in [4.69, 9.17) is 5.73 Å². The number of hydrogen-bond donors (Lipinski definition) is 2. The molecule has 0 radical (unpaired) electrons. The lowest BCUT2D eigenvalue weighted by Crippen LogP contribution is -2.21. The number of benzene rings is 1. The maximum absolute atomic E-state index is 12.6. The maximum Gasteiger partial charge on any atom is 0.194 e. The van der Waals surface area contributed by atoms with Gasteiger partial charge in [-0.3, -0.25) is 0 Å². The van der Waals surface area contributed by atoms with Gasteiger partial charge in [0.25, 0.3) is 0 Å². The number of nitrogens with one attached hydrogen (secondary N) is 1. The minimum atomic E-state index is -1.45. The number of nitrogens with two attached hydrogens (primary N) is 1. The zero-order chi connectivity index (χ0) is 9.84. The summed E-state index contributed by atoms with van der Waals surface area (Å²) in [7, 11) is 0. The molecule has 0 unspecified atom stereocenters. The van der Waals surface area contributed by atoms with Crippen LogP contribution in [0.15, 0.2) is 12.1 Å². The van der Waals surface area contributed by atoms with Gasteiger partial charge in [0.05, 0.1) is 0 Å². The summed E-state index contributed by atoms with van der Waals surface area (Å²) in [5.41, 5.74) is 5.43. The summed E-state index contributed by atoms with van der Waals surface area (Å²) in [6, 6.07) is 1.86. The second-order valence-electron chi connectivity index (χ2n) is 2.50. The Kier molecular flexibility index (Phi) is 3.27. The molecule has 0 spiro atoms. The lowest BCUT2D eigenvalue weighted by molar-refractivity contribution is 0.444. The molecule has 13 heavy (non-hydrogen) atoms. The molecule has 3 N–H and O–H groups in total. The Morgan fingerprint density at radius 2 is 1.69 bits per heavy atom. The zero-order valence-corrected chi connectivity index (χ0v) is 6.78. The summed E-state index contributed by atoms with van der Waals surface area (Å²) < 4.78 is 37.6. The molecule has 0 saturated heterocycles. The third-order valence-corrected chi connectivity index (χ3v) is 1.52. The molecule has 0 heterocycles. The fourth-order valence-corrected chi connectivity index (χ4v) is 0.927. The van der Waals surface area contributed by atoms with E-state index in [2.05, 4.69) is 5.32 Å². The Balaban J connectivity index is 2.86. The molecule has 0 fully saturated rings. The molecule has 1 aromatic carbocycles. The van der Waals surface area contributed by atoms with Gasteiger partial charge in [-0.2, -0.15) is 0 Å². The summed E-state index contributed by atoms with van der Waals surface area (Å²) in [6.07, 6.45) is 0. The summed E-state index contributed by atoms with van der Waals surface area (Å²) in [5, 5.41) is 2.66. The van der Waals surface area contributed by atoms with Crippen molar-refractivity contribution in [3.05, 3.63) is 35.1 Å². The molecule has 0 amide bonds. The van der Waals surface area contributed by atoms with Gasteiger partial charge in [0.1, 0.15) is 0 Å². The van der Waals surface area contributed by atoms with E-state index in [-0.39, 0.29) is 13.2 Å². The predicted molar refractivity (Wildman–Crippen MR) is 42.2 cm³/mol. The lowest BCUT2D eigenvalue weighted by atomic mass is 10.2. The van der Waals surface area contributed by atoms with E-state index in [1.807, 2.05) is 0 Å². The quantitative estimate of drug-likeness (QED) is 0.553. The fourth-order valence-electron chi connectivity index (χ4n) is 0.927. The Morgan fingerprint density at radius 1 is 1.15 bits per heavy atom. The van der Waals surface area contributed by atoms with E-state index in [1.54, 1.807) is 0 Å². The Morgan fingerprint density at radius 3 is 2.15 bits per heavy atom. The van der Waals surface area contributed by atoms with Crippen LogP contribution in [-0.4, -0.2) is 6.67 Å².